The number of carbonyl (C=O) groups is 2. The summed E-state index contributed by atoms with van der Waals surface area (Å²) in [5.41, 5.74) is 0.307. The molecule has 1 aromatic carbocycles. The Hall–Kier alpha value is -0.835. The first-order valence-corrected chi connectivity index (χ1v) is 8.24. The van der Waals surface area contributed by atoms with Crippen LogP contribution in [0.2, 0.25) is 5.02 Å². The Morgan fingerprint density at radius 2 is 2.18 bits per heavy atom. The molecule has 1 aromatic rings. The number of rotatable bonds is 4. The van der Waals surface area contributed by atoms with E-state index in [1.165, 1.54) is 4.90 Å². The third-order valence-corrected chi connectivity index (χ3v) is 4.54. The molecule has 3 N–H and O–H groups in total. The van der Waals surface area contributed by atoms with Crippen LogP contribution in [0.25, 0.3) is 0 Å². The van der Waals surface area contributed by atoms with Crippen molar-refractivity contribution in [2.24, 2.45) is 0 Å². The van der Waals surface area contributed by atoms with Gasteiger partial charge < -0.3 is 20.3 Å². The fourth-order valence-corrected chi connectivity index (χ4v) is 3.13. The minimum absolute atomic E-state index is 0.205. The molecule has 1 fully saturated rings. The van der Waals surface area contributed by atoms with Gasteiger partial charge in [0.1, 0.15) is 0 Å². The summed E-state index contributed by atoms with van der Waals surface area (Å²) in [4.78, 5) is 25.6. The molecule has 0 radical (unpaired) electrons. The number of amides is 2. The highest BCUT2D eigenvalue weighted by atomic mass is 127. The molecule has 1 aliphatic rings. The van der Waals surface area contributed by atoms with Gasteiger partial charge in [-0.25, -0.2) is 0 Å². The van der Waals surface area contributed by atoms with Crippen molar-refractivity contribution in [1.29, 1.82) is 0 Å². The summed E-state index contributed by atoms with van der Waals surface area (Å²) in [7, 11) is -1.56. The quantitative estimate of drug-likeness (QED) is 0.478. The number of carbonyl (C=O) groups excluding carboxylic acids is 2. The summed E-state index contributed by atoms with van der Waals surface area (Å²) in [6.45, 7) is 0.255. The second kappa shape index (κ2) is 7.63. The maximum absolute atomic E-state index is 12.1. The van der Waals surface area contributed by atoms with Gasteiger partial charge in [-0.3, -0.25) is 9.59 Å². The standard InChI is InChI=1S/C13H15BClIN2O4/c15-10-4-3-8(16)6-9(10)13(20)17-7-12(19)18-5-1-2-11(18)14(21)22/h3-4,6,11,21-22H,1-2,5,7H2,(H,17,20). The molecule has 22 heavy (non-hydrogen) atoms. The van der Waals surface area contributed by atoms with Crippen LogP contribution in [0.1, 0.15) is 23.2 Å². The molecule has 2 amide bonds. The van der Waals surface area contributed by atoms with Crippen molar-refractivity contribution in [2.75, 3.05) is 13.1 Å². The molecule has 0 spiro atoms. The van der Waals surface area contributed by atoms with Gasteiger partial charge in [0.05, 0.1) is 23.1 Å². The monoisotopic (exact) mass is 436 g/mol. The average molecular weight is 436 g/mol. The first kappa shape index (κ1) is 17.5. The van der Waals surface area contributed by atoms with E-state index >= 15 is 0 Å². The number of likely N-dealkylation sites (tertiary alicyclic amines) is 1. The molecule has 1 saturated heterocycles. The van der Waals surface area contributed by atoms with E-state index in [1.807, 2.05) is 0 Å². The van der Waals surface area contributed by atoms with E-state index in [-0.39, 0.29) is 12.5 Å². The van der Waals surface area contributed by atoms with Crippen LogP contribution in [-0.2, 0) is 4.79 Å². The summed E-state index contributed by atoms with van der Waals surface area (Å²) in [5, 5.41) is 21.3. The first-order valence-electron chi connectivity index (χ1n) is 6.79. The zero-order chi connectivity index (χ0) is 16.3. The molecule has 1 heterocycles. The fraction of sp³-hybridized carbons (Fsp3) is 0.385. The third kappa shape index (κ3) is 4.12. The largest absolute Gasteiger partial charge is 0.475 e. The Labute approximate surface area is 147 Å². The molecule has 0 aromatic heterocycles. The summed E-state index contributed by atoms with van der Waals surface area (Å²) >= 11 is 8.04. The van der Waals surface area contributed by atoms with Crippen molar-refractivity contribution in [3.63, 3.8) is 0 Å². The van der Waals surface area contributed by atoms with Gasteiger partial charge in [-0.1, -0.05) is 11.6 Å². The van der Waals surface area contributed by atoms with Crippen molar-refractivity contribution < 1.29 is 19.6 Å². The lowest BCUT2D eigenvalue weighted by Crippen LogP contribution is -2.48. The smallest absolute Gasteiger partial charge is 0.426 e. The lowest BCUT2D eigenvalue weighted by molar-refractivity contribution is -0.130. The summed E-state index contributed by atoms with van der Waals surface area (Å²) in [6.07, 6.45) is 1.25. The molecule has 1 aliphatic heterocycles. The molecule has 0 aliphatic carbocycles. The second-order valence-corrected chi connectivity index (χ2v) is 6.67. The van der Waals surface area contributed by atoms with Crippen LogP contribution in [0, 0.1) is 3.57 Å². The second-order valence-electron chi connectivity index (χ2n) is 5.02. The molecule has 0 saturated carbocycles. The van der Waals surface area contributed by atoms with Gasteiger partial charge in [0.15, 0.2) is 0 Å². The van der Waals surface area contributed by atoms with E-state index in [0.29, 0.717) is 30.0 Å². The van der Waals surface area contributed by atoms with E-state index in [2.05, 4.69) is 27.9 Å². The number of benzene rings is 1. The van der Waals surface area contributed by atoms with E-state index in [1.54, 1.807) is 18.2 Å². The number of nitrogens with zero attached hydrogens (tertiary/aromatic N) is 1. The number of hydrogen-bond donors (Lipinski definition) is 3. The maximum Gasteiger partial charge on any atom is 0.475 e. The van der Waals surface area contributed by atoms with Gasteiger partial charge in [-0.2, -0.15) is 0 Å². The zero-order valence-corrected chi connectivity index (χ0v) is 14.5. The lowest BCUT2D eigenvalue weighted by atomic mass is 9.78. The van der Waals surface area contributed by atoms with Crippen molar-refractivity contribution in [1.82, 2.24) is 10.2 Å². The third-order valence-electron chi connectivity index (χ3n) is 3.54. The number of nitrogens with one attached hydrogen (secondary N) is 1. The molecule has 1 unspecified atom stereocenters. The number of hydrogen-bond acceptors (Lipinski definition) is 4. The highest BCUT2D eigenvalue weighted by molar-refractivity contribution is 14.1. The van der Waals surface area contributed by atoms with Gasteiger partial charge in [-0.05, 0) is 53.6 Å². The van der Waals surface area contributed by atoms with Gasteiger partial charge in [0, 0.05) is 10.1 Å². The molecule has 118 valence electrons. The summed E-state index contributed by atoms with van der Waals surface area (Å²) < 4.78 is 0.862. The van der Waals surface area contributed by atoms with Crippen LogP contribution in [0.3, 0.4) is 0 Å². The lowest BCUT2D eigenvalue weighted by Gasteiger charge is -2.24. The van der Waals surface area contributed by atoms with E-state index in [0.717, 1.165) is 3.57 Å². The zero-order valence-electron chi connectivity index (χ0n) is 11.6. The van der Waals surface area contributed by atoms with Gasteiger partial charge >= 0.3 is 7.12 Å². The van der Waals surface area contributed by atoms with Gasteiger partial charge in [-0.15, -0.1) is 0 Å². The Balaban J connectivity index is 1.96. The summed E-state index contributed by atoms with van der Waals surface area (Å²) in [6, 6.07) is 5.04. The van der Waals surface area contributed by atoms with E-state index in [9.17, 15) is 19.6 Å². The van der Waals surface area contributed by atoms with Crippen LogP contribution in [0.15, 0.2) is 18.2 Å². The SMILES string of the molecule is O=C(NCC(=O)N1CCCC1B(O)O)c1cc(I)ccc1Cl. The molecule has 1 atom stereocenters. The Morgan fingerprint density at radius 3 is 2.86 bits per heavy atom. The fourth-order valence-electron chi connectivity index (χ4n) is 2.44. The Bertz CT molecular complexity index is 587. The first-order chi connectivity index (χ1) is 10.4. The van der Waals surface area contributed by atoms with Gasteiger partial charge in [0.25, 0.3) is 5.91 Å². The van der Waals surface area contributed by atoms with Gasteiger partial charge in [0.2, 0.25) is 5.91 Å². The molecule has 6 nitrogen and oxygen atoms in total. The molecule has 9 heteroatoms. The molecule has 0 bridgehead atoms. The topological polar surface area (TPSA) is 89.9 Å². The van der Waals surface area contributed by atoms with E-state index in [4.69, 9.17) is 11.6 Å². The molecular weight excluding hydrogens is 421 g/mol. The van der Waals surface area contributed by atoms with Crippen LogP contribution in [0.5, 0.6) is 0 Å². The highest BCUT2D eigenvalue weighted by Gasteiger charge is 2.36. The molecule has 2 rings (SSSR count). The predicted octanol–water partition coefficient (Wildman–Crippen LogP) is 0.677. The van der Waals surface area contributed by atoms with E-state index < -0.39 is 19.0 Å². The minimum atomic E-state index is -1.56. The normalized spacial score (nSPS) is 17.5. The van der Waals surface area contributed by atoms with Crippen LogP contribution in [0.4, 0.5) is 0 Å². The number of halogens is 2. The predicted molar refractivity (Wildman–Crippen MR) is 91.4 cm³/mol. The van der Waals surface area contributed by atoms with Crippen LogP contribution < -0.4 is 5.32 Å². The van der Waals surface area contributed by atoms with Crippen molar-refractivity contribution in [2.45, 2.75) is 18.8 Å². The average Bonchev–Trinajstić information content (AvgIpc) is 2.96. The van der Waals surface area contributed by atoms with Crippen molar-refractivity contribution >= 4 is 53.1 Å². The minimum Gasteiger partial charge on any atom is -0.426 e. The van der Waals surface area contributed by atoms with Crippen molar-refractivity contribution in [3.8, 4) is 0 Å². The molecular formula is C13H15BClIN2O4. The Kier molecular flexibility index (Phi) is 6.07. The van der Waals surface area contributed by atoms with Crippen LogP contribution in [-0.4, -0.2) is 52.9 Å². The van der Waals surface area contributed by atoms with Crippen LogP contribution >= 0.6 is 34.2 Å². The highest BCUT2D eigenvalue weighted by Crippen LogP contribution is 2.19. The summed E-state index contributed by atoms with van der Waals surface area (Å²) in [5.74, 6) is -1.38. The maximum atomic E-state index is 12.1. The van der Waals surface area contributed by atoms with Crippen molar-refractivity contribution in [3.05, 3.63) is 32.4 Å². The Morgan fingerprint density at radius 1 is 1.45 bits per heavy atom.